The summed E-state index contributed by atoms with van der Waals surface area (Å²) in [6, 6.07) is 21.7. The van der Waals surface area contributed by atoms with Crippen molar-refractivity contribution in [3.8, 4) is 0 Å². The van der Waals surface area contributed by atoms with Gasteiger partial charge < -0.3 is 9.74 Å². The van der Waals surface area contributed by atoms with Crippen LogP contribution in [0.25, 0.3) is 0 Å². The van der Waals surface area contributed by atoms with Gasteiger partial charge in [0.15, 0.2) is 5.71 Å². The van der Waals surface area contributed by atoms with E-state index in [0.29, 0.717) is 11.1 Å². The van der Waals surface area contributed by atoms with Gasteiger partial charge in [-0.05, 0) is 36.4 Å². The second-order valence-corrected chi connectivity index (χ2v) is 6.60. The van der Waals surface area contributed by atoms with E-state index < -0.39 is 16.7 Å². The molecule has 8 nitrogen and oxygen atoms in total. The molecule has 0 N–H and O–H groups in total. The van der Waals surface area contributed by atoms with Gasteiger partial charge in [0, 0.05) is 48.6 Å². The number of benzene rings is 3. The summed E-state index contributed by atoms with van der Waals surface area (Å²) in [6.45, 7) is 1.21. The molecule has 3 aromatic carbocycles. The van der Waals surface area contributed by atoms with Gasteiger partial charge in [-0.15, -0.1) is 0 Å². The van der Waals surface area contributed by atoms with E-state index in [9.17, 15) is 19.7 Å². The Bertz CT molecular complexity index is 1120. The van der Waals surface area contributed by atoms with Crippen molar-refractivity contribution >= 4 is 34.5 Å². The average Bonchev–Trinajstić information content (AvgIpc) is 2.79. The molecule has 0 aliphatic rings. The van der Waals surface area contributed by atoms with E-state index in [2.05, 4.69) is 5.16 Å². The first-order chi connectivity index (χ1) is 14.9. The lowest BCUT2D eigenvalue weighted by Gasteiger charge is -2.19. The number of carbonyl (C=O) groups is 2. The highest BCUT2D eigenvalue weighted by Crippen LogP contribution is 2.26. The zero-order valence-electron chi connectivity index (χ0n) is 16.9. The molecular weight excluding hydrogens is 398 g/mol. The fourth-order valence-electron chi connectivity index (χ4n) is 2.85. The molecule has 0 saturated carbocycles. The van der Waals surface area contributed by atoms with Crippen LogP contribution in [0.15, 0.2) is 84.0 Å². The number of carbonyl (C=O) groups excluding carboxylic acids is 2. The Morgan fingerprint density at radius 3 is 1.94 bits per heavy atom. The molecule has 31 heavy (non-hydrogen) atoms. The Hall–Kier alpha value is -4.33. The minimum Gasteiger partial charge on any atom is -0.345 e. The monoisotopic (exact) mass is 417 g/mol. The Kier molecular flexibility index (Phi) is 6.51. The zero-order chi connectivity index (χ0) is 22.4. The third-order valence-electron chi connectivity index (χ3n) is 4.49. The smallest absolute Gasteiger partial charge is 0.332 e. The lowest BCUT2D eigenvalue weighted by molar-refractivity contribution is -0.384. The van der Waals surface area contributed by atoms with Crippen LogP contribution in [0, 0.1) is 10.1 Å². The predicted octanol–water partition coefficient (Wildman–Crippen LogP) is 4.51. The van der Waals surface area contributed by atoms with Crippen LogP contribution in [-0.4, -0.2) is 29.4 Å². The fraction of sp³-hybridized carbons (Fsp3) is 0.0870. The molecule has 0 bridgehead atoms. The van der Waals surface area contributed by atoms with E-state index >= 15 is 0 Å². The number of nitrogens with zero attached hydrogens (tertiary/aromatic N) is 3. The van der Waals surface area contributed by atoms with E-state index in [4.69, 9.17) is 4.84 Å². The third kappa shape index (κ3) is 5.18. The lowest BCUT2D eigenvalue weighted by Crippen LogP contribution is -2.17. The molecule has 0 aliphatic heterocycles. The van der Waals surface area contributed by atoms with Gasteiger partial charge in [0.2, 0.25) is 5.78 Å². The van der Waals surface area contributed by atoms with Crippen molar-refractivity contribution in [2.24, 2.45) is 5.16 Å². The summed E-state index contributed by atoms with van der Waals surface area (Å²) in [5, 5.41) is 14.6. The number of anilines is 2. The lowest BCUT2D eigenvalue weighted by atomic mass is 10.0. The summed E-state index contributed by atoms with van der Waals surface area (Å²) >= 11 is 0. The van der Waals surface area contributed by atoms with Crippen molar-refractivity contribution in [2.45, 2.75) is 6.92 Å². The Labute approximate surface area is 178 Å². The van der Waals surface area contributed by atoms with Crippen LogP contribution in [0.2, 0.25) is 0 Å². The number of hydrogen-bond donors (Lipinski definition) is 0. The Balaban J connectivity index is 1.84. The summed E-state index contributed by atoms with van der Waals surface area (Å²) in [7, 11) is 1.82. The molecular formula is C23H19N3O5. The number of oxime groups is 1. The molecule has 0 aromatic heterocycles. The number of hydrogen-bond acceptors (Lipinski definition) is 7. The fourth-order valence-corrected chi connectivity index (χ4v) is 2.85. The summed E-state index contributed by atoms with van der Waals surface area (Å²) in [4.78, 5) is 41.1. The maximum Gasteiger partial charge on any atom is 0.332 e. The van der Waals surface area contributed by atoms with Gasteiger partial charge in [-0.3, -0.25) is 14.9 Å². The molecule has 0 spiro atoms. The van der Waals surface area contributed by atoms with E-state index in [1.807, 2.05) is 11.9 Å². The summed E-state index contributed by atoms with van der Waals surface area (Å²) < 4.78 is 0. The minimum atomic E-state index is -0.624. The molecule has 0 radical (unpaired) electrons. The zero-order valence-corrected chi connectivity index (χ0v) is 16.9. The van der Waals surface area contributed by atoms with Crippen LogP contribution in [-0.2, 0) is 9.63 Å². The second kappa shape index (κ2) is 9.45. The Morgan fingerprint density at radius 1 is 0.871 bits per heavy atom. The van der Waals surface area contributed by atoms with E-state index in [-0.39, 0.29) is 11.4 Å². The van der Waals surface area contributed by atoms with Crippen molar-refractivity contribution < 1.29 is 19.3 Å². The SMILES string of the molecule is CC(=O)ON=C(C(=O)c1ccc(N(C)c2ccc([N+](=O)[O-])cc2)cc1)c1ccccc1. The highest BCUT2D eigenvalue weighted by molar-refractivity contribution is 6.51. The van der Waals surface area contributed by atoms with Crippen molar-refractivity contribution in [1.82, 2.24) is 0 Å². The number of ketones is 1. The van der Waals surface area contributed by atoms with E-state index in [1.165, 1.54) is 19.1 Å². The highest BCUT2D eigenvalue weighted by Gasteiger charge is 2.18. The first-order valence-electron chi connectivity index (χ1n) is 9.31. The number of nitro benzene ring substituents is 1. The van der Waals surface area contributed by atoms with E-state index in [1.54, 1.807) is 66.7 Å². The summed E-state index contributed by atoms with van der Waals surface area (Å²) in [6.07, 6.45) is 0. The first-order valence-corrected chi connectivity index (χ1v) is 9.31. The molecule has 0 fully saturated rings. The standard InChI is InChI=1S/C23H19N3O5/c1-16(27)31-24-22(17-6-4-3-5-7-17)23(28)18-8-10-19(11-9-18)25(2)20-12-14-21(15-13-20)26(29)30/h3-15H,1-2H3. The van der Waals surface area contributed by atoms with Gasteiger partial charge in [0.1, 0.15) is 0 Å². The molecule has 3 aromatic rings. The largest absolute Gasteiger partial charge is 0.345 e. The molecule has 0 saturated heterocycles. The molecule has 3 rings (SSSR count). The van der Waals surface area contributed by atoms with Crippen LogP contribution < -0.4 is 4.90 Å². The van der Waals surface area contributed by atoms with Crippen LogP contribution in [0.1, 0.15) is 22.8 Å². The highest BCUT2D eigenvalue weighted by atomic mass is 16.7. The number of rotatable bonds is 7. The molecule has 0 atom stereocenters. The van der Waals surface area contributed by atoms with Crippen LogP contribution in [0.4, 0.5) is 17.1 Å². The van der Waals surface area contributed by atoms with Gasteiger partial charge in [-0.25, -0.2) is 4.79 Å². The van der Waals surface area contributed by atoms with Gasteiger partial charge in [0.05, 0.1) is 4.92 Å². The van der Waals surface area contributed by atoms with Crippen LogP contribution in [0.3, 0.4) is 0 Å². The van der Waals surface area contributed by atoms with Crippen molar-refractivity contribution in [1.29, 1.82) is 0 Å². The molecule has 0 heterocycles. The van der Waals surface area contributed by atoms with Crippen molar-refractivity contribution in [2.75, 3.05) is 11.9 Å². The summed E-state index contributed by atoms with van der Waals surface area (Å²) in [5.74, 6) is -1.02. The third-order valence-corrected chi connectivity index (χ3v) is 4.49. The number of nitro groups is 1. The molecule has 0 amide bonds. The molecule has 0 unspecified atom stereocenters. The number of non-ortho nitro benzene ring substituents is 1. The summed E-state index contributed by atoms with van der Waals surface area (Å²) in [5.41, 5.74) is 2.47. The molecule has 0 aliphatic carbocycles. The van der Waals surface area contributed by atoms with Crippen molar-refractivity contribution in [3.05, 3.63) is 100 Å². The normalized spacial score (nSPS) is 11.0. The van der Waals surface area contributed by atoms with Gasteiger partial charge in [-0.1, -0.05) is 35.5 Å². The maximum absolute atomic E-state index is 13.0. The van der Waals surface area contributed by atoms with Gasteiger partial charge >= 0.3 is 5.97 Å². The quantitative estimate of drug-likeness (QED) is 0.184. The molecule has 8 heteroatoms. The van der Waals surface area contributed by atoms with Crippen LogP contribution >= 0.6 is 0 Å². The topological polar surface area (TPSA) is 102 Å². The molecule has 156 valence electrons. The van der Waals surface area contributed by atoms with Gasteiger partial charge in [-0.2, -0.15) is 0 Å². The Morgan fingerprint density at radius 2 is 1.42 bits per heavy atom. The minimum absolute atomic E-state index is 0.0126. The second-order valence-electron chi connectivity index (χ2n) is 6.60. The van der Waals surface area contributed by atoms with Crippen molar-refractivity contribution in [3.63, 3.8) is 0 Å². The first kappa shape index (κ1) is 21.4. The average molecular weight is 417 g/mol. The maximum atomic E-state index is 13.0. The van der Waals surface area contributed by atoms with Gasteiger partial charge in [0.25, 0.3) is 5.69 Å². The number of Topliss-reactive ketones (excluding diaryl/α,β-unsaturated/α-hetero) is 1. The predicted molar refractivity (Wildman–Crippen MR) is 117 cm³/mol. The van der Waals surface area contributed by atoms with Crippen LogP contribution in [0.5, 0.6) is 0 Å². The van der Waals surface area contributed by atoms with E-state index in [0.717, 1.165) is 11.4 Å².